The summed E-state index contributed by atoms with van der Waals surface area (Å²) in [6, 6.07) is 1.88. The average molecular weight is 325 g/mol. The molecular weight excluding hydrogens is 306 g/mol. The van der Waals surface area contributed by atoms with Gasteiger partial charge in [-0.25, -0.2) is 0 Å². The van der Waals surface area contributed by atoms with E-state index in [2.05, 4.69) is 9.97 Å². The number of nitrogens with zero attached hydrogens (tertiary/aromatic N) is 1. The largest absolute Gasteiger partial charge is 0.481 e. The molecule has 0 radical (unpaired) electrons. The molecule has 0 saturated heterocycles. The molecule has 0 fully saturated rings. The third-order valence-electron chi connectivity index (χ3n) is 4.55. The highest BCUT2D eigenvalue weighted by Gasteiger charge is 2.39. The molecule has 1 amide bonds. The van der Waals surface area contributed by atoms with E-state index in [1.165, 1.54) is 0 Å². The molecule has 2 aliphatic rings. The van der Waals surface area contributed by atoms with Crippen molar-refractivity contribution in [1.82, 2.24) is 9.97 Å². The number of pyridine rings is 1. The van der Waals surface area contributed by atoms with Crippen molar-refractivity contribution in [3.63, 3.8) is 0 Å². The van der Waals surface area contributed by atoms with Crippen molar-refractivity contribution in [2.45, 2.75) is 25.9 Å². The zero-order valence-electron chi connectivity index (χ0n) is 13.7. The number of carbonyl (C=O) groups excluding carboxylic acids is 1. The van der Waals surface area contributed by atoms with Crippen LogP contribution >= 0.6 is 0 Å². The molecule has 3 N–H and O–H groups in total. The van der Waals surface area contributed by atoms with Crippen molar-refractivity contribution >= 4 is 11.5 Å². The molecule has 0 unspecified atom stereocenters. The Morgan fingerprint density at radius 3 is 2.96 bits per heavy atom. The van der Waals surface area contributed by atoms with E-state index in [1.807, 2.05) is 26.0 Å². The molecular formula is C18H19N3O3. The van der Waals surface area contributed by atoms with Gasteiger partial charge in [-0.05, 0) is 31.9 Å². The number of rotatable bonds is 2. The van der Waals surface area contributed by atoms with Crippen LogP contribution in [0.4, 0.5) is 0 Å². The molecule has 0 aliphatic carbocycles. The zero-order chi connectivity index (χ0) is 16.9. The molecule has 0 atom stereocenters. The van der Waals surface area contributed by atoms with E-state index >= 15 is 0 Å². The van der Waals surface area contributed by atoms with Crippen LogP contribution in [0, 0.1) is 0 Å². The third-order valence-corrected chi connectivity index (χ3v) is 4.55. The van der Waals surface area contributed by atoms with Gasteiger partial charge in [0.1, 0.15) is 17.0 Å². The van der Waals surface area contributed by atoms with Crippen LogP contribution in [0.1, 0.15) is 41.9 Å². The van der Waals surface area contributed by atoms with Crippen molar-refractivity contribution in [3.05, 3.63) is 41.4 Å². The topological polar surface area (TPSA) is 90.2 Å². The van der Waals surface area contributed by atoms with Crippen LogP contribution in [0.3, 0.4) is 0 Å². The summed E-state index contributed by atoms with van der Waals surface area (Å²) in [4.78, 5) is 19.5. The lowest BCUT2D eigenvalue weighted by Gasteiger charge is -2.34. The van der Waals surface area contributed by atoms with Crippen LogP contribution in [0.5, 0.6) is 5.75 Å². The molecule has 0 saturated carbocycles. The lowest BCUT2D eigenvalue weighted by Crippen LogP contribution is -2.30. The summed E-state index contributed by atoms with van der Waals surface area (Å²) in [5, 5.41) is 0. The first-order chi connectivity index (χ1) is 11.5. The second-order valence-corrected chi connectivity index (χ2v) is 6.53. The van der Waals surface area contributed by atoms with Crippen molar-refractivity contribution in [2.75, 3.05) is 13.2 Å². The van der Waals surface area contributed by atoms with Gasteiger partial charge in [-0.2, -0.15) is 0 Å². The van der Waals surface area contributed by atoms with Crippen LogP contribution in [0.2, 0.25) is 0 Å². The number of hydrogen-bond acceptors (Lipinski definition) is 4. The van der Waals surface area contributed by atoms with Gasteiger partial charge in [-0.15, -0.1) is 0 Å². The maximum Gasteiger partial charge on any atom is 0.265 e. The smallest absolute Gasteiger partial charge is 0.265 e. The number of primary amides is 1. The summed E-state index contributed by atoms with van der Waals surface area (Å²) in [6.45, 7) is 5.15. The summed E-state index contributed by atoms with van der Waals surface area (Å²) >= 11 is 0. The molecule has 0 spiro atoms. The lowest BCUT2D eigenvalue weighted by atomic mass is 9.84. The van der Waals surface area contributed by atoms with Gasteiger partial charge < -0.3 is 20.2 Å². The SMILES string of the molecule is CC1(C)Oc2cnccc2-c2[nH]c(C(N)=O)c(C3=CCOCC3)c21. The molecule has 124 valence electrons. The number of aromatic nitrogens is 2. The van der Waals surface area contributed by atoms with Crippen LogP contribution in [-0.4, -0.2) is 29.1 Å². The normalized spacial score (nSPS) is 18.2. The van der Waals surface area contributed by atoms with E-state index in [9.17, 15) is 4.79 Å². The minimum absolute atomic E-state index is 0.425. The quantitative estimate of drug-likeness (QED) is 0.888. The Morgan fingerprint density at radius 2 is 2.25 bits per heavy atom. The first kappa shape index (κ1) is 15.0. The summed E-state index contributed by atoms with van der Waals surface area (Å²) < 4.78 is 11.6. The molecule has 4 rings (SSSR count). The molecule has 6 heteroatoms. The van der Waals surface area contributed by atoms with Crippen molar-refractivity contribution in [2.24, 2.45) is 5.73 Å². The number of aromatic amines is 1. The number of hydrogen-bond donors (Lipinski definition) is 2. The van der Waals surface area contributed by atoms with Crippen molar-refractivity contribution < 1.29 is 14.3 Å². The molecule has 4 heterocycles. The molecule has 2 aromatic rings. The number of nitrogens with one attached hydrogen (secondary N) is 1. The van der Waals surface area contributed by atoms with Gasteiger partial charge >= 0.3 is 0 Å². The van der Waals surface area contributed by atoms with Gasteiger partial charge in [0.05, 0.1) is 25.1 Å². The Balaban J connectivity index is 2.04. The predicted molar refractivity (Wildman–Crippen MR) is 89.6 cm³/mol. The highest BCUT2D eigenvalue weighted by molar-refractivity contribution is 6.00. The Hall–Kier alpha value is -2.60. The highest BCUT2D eigenvalue weighted by Crippen LogP contribution is 2.48. The van der Waals surface area contributed by atoms with E-state index < -0.39 is 11.5 Å². The zero-order valence-corrected chi connectivity index (χ0v) is 13.7. The van der Waals surface area contributed by atoms with Gasteiger partial charge in [0.15, 0.2) is 0 Å². The van der Waals surface area contributed by atoms with Crippen LogP contribution in [0.25, 0.3) is 16.8 Å². The van der Waals surface area contributed by atoms with E-state index in [0.717, 1.165) is 34.4 Å². The van der Waals surface area contributed by atoms with Crippen LogP contribution in [-0.2, 0) is 10.3 Å². The molecule has 2 aliphatic heterocycles. The number of amides is 1. The van der Waals surface area contributed by atoms with E-state index in [0.29, 0.717) is 24.7 Å². The Labute approximate surface area is 139 Å². The first-order valence-electron chi connectivity index (χ1n) is 7.96. The Kier molecular flexibility index (Phi) is 3.25. The molecule has 2 aromatic heterocycles. The second-order valence-electron chi connectivity index (χ2n) is 6.53. The van der Waals surface area contributed by atoms with E-state index in [1.54, 1.807) is 12.4 Å². The second kappa shape index (κ2) is 5.21. The van der Waals surface area contributed by atoms with Gasteiger partial charge in [0, 0.05) is 22.9 Å². The van der Waals surface area contributed by atoms with E-state index in [4.69, 9.17) is 15.2 Å². The lowest BCUT2D eigenvalue weighted by molar-refractivity contribution is 0.0994. The minimum Gasteiger partial charge on any atom is -0.481 e. The third kappa shape index (κ3) is 2.14. The maximum atomic E-state index is 12.1. The number of fused-ring (bicyclic) bond motifs is 3. The van der Waals surface area contributed by atoms with Crippen molar-refractivity contribution in [1.29, 1.82) is 0 Å². The standard InChI is InChI=1S/C18H19N3O3/c1-18(2)14-13(10-4-7-23-8-5-10)16(17(19)22)21-15(14)11-3-6-20-9-12(11)24-18/h3-4,6,9,21H,5,7-8H2,1-2H3,(H2,19,22). The minimum atomic E-state index is -0.607. The highest BCUT2D eigenvalue weighted by atomic mass is 16.5. The van der Waals surface area contributed by atoms with Crippen LogP contribution in [0.15, 0.2) is 24.5 Å². The predicted octanol–water partition coefficient (Wildman–Crippen LogP) is 2.61. The molecule has 24 heavy (non-hydrogen) atoms. The maximum absolute atomic E-state index is 12.1. The molecule has 0 aromatic carbocycles. The fourth-order valence-corrected chi connectivity index (χ4v) is 3.56. The molecule has 6 nitrogen and oxygen atoms in total. The van der Waals surface area contributed by atoms with Gasteiger partial charge in [0.2, 0.25) is 0 Å². The number of H-pyrrole nitrogens is 1. The van der Waals surface area contributed by atoms with Gasteiger partial charge in [-0.3, -0.25) is 9.78 Å². The van der Waals surface area contributed by atoms with Gasteiger partial charge in [0.25, 0.3) is 5.91 Å². The molecule has 0 bridgehead atoms. The Morgan fingerprint density at radius 1 is 1.42 bits per heavy atom. The van der Waals surface area contributed by atoms with Crippen molar-refractivity contribution in [3.8, 4) is 17.0 Å². The number of nitrogens with two attached hydrogens (primary N) is 1. The number of carbonyl (C=O) groups is 1. The fourth-order valence-electron chi connectivity index (χ4n) is 3.56. The summed E-state index contributed by atoms with van der Waals surface area (Å²) in [7, 11) is 0. The number of ether oxygens (including phenoxy) is 2. The summed E-state index contributed by atoms with van der Waals surface area (Å²) in [6.07, 6.45) is 6.15. The summed E-state index contributed by atoms with van der Waals surface area (Å²) in [5.74, 6) is 0.220. The summed E-state index contributed by atoms with van der Waals surface area (Å²) in [5.41, 5.74) is 10.1. The monoisotopic (exact) mass is 325 g/mol. The van der Waals surface area contributed by atoms with E-state index in [-0.39, 0.29) is 0 Å². The average Bonchev–Trinajstić information content (AvgIpc) is 2.97. The van der Waals surface area contributed by atoms with Gasteiger partial charge in [-0.1, -0.05) is 6.08 Å². The Bertz CT molecular complexity index is 864. The fraction of sp³-hybridized carbons (Fsp3) is 0.333. The first-order valence-corrected chi connectivity index (χ1v) is 7.96. The van der Waals surface area contributed by atoms with Crippen LogP contribution < -0.4 is 10.5 Å².